The summed E-state index contributed by atoms with van der Waals surface area (Å²) < 4.78 is 10.6. The van der Waals surface area contributed by atoms with E-state index in [-0.39, 0.29) is 5.57 Å². The third-order valence-corrected chi connectivity index (χ3v) is 5.34. The molecule has 1 fully saturated rings. The molecule has 0 radical (unpaired) electrons. The van der Waals surface area contributed by atoms with Crippen LogP contribution >= 0.6 is 0 Å². The topological polar surface area (TPSA) is 77.9 Å². The van der Waals surface area contributed by atoms with Crippen LogP contribution in [0.5, 0.6) is 0 Å². The van der Waals surface area contributed by atoms with E-state index < -0.39 is 17.5 Å². The van der Waals surface area contributed by atoms with Gasteiger partial charge in [-0.3, -0.25) is 0 Å². The number of carbonyl (C=O) groups is 2. The lowest BCUT2D eigenvalue weighted by Crippen LogP contribution is -2.50. The first-order chi connectivity index (χ1) is 12.6. The number of esters is 2. The largest absolute Gasteiger partial charge is 0.387 e. The number of methoxy groups -OCH3 is 1. The van der Waals surface area contributed by atoms with Crippen LogP contribution in [-0.2, 0) is 19.1 Å². The van der Waals surface area contributed by atoms with Crippen molar-refractivity contribution in [2.24, 2.45) is 4.99 Å². The zero-order chi connectivity index (χ0) is 17.6. The highest BCUT2D eigenvalue weighted by Crippen LogP contribution is 2.42. The van der Waals surface area contributed by atoms with E-state index in [1.165, 1.54) is 7.11 Å². The zero-order valence-electron chi connectivity index (χ0n) is 13.6. The van der Waals surface area contributed by atoms with Crippen molar-refractivity contribution < 1.29 is 19.1 Å². The number of carbonyl (C=O) groups excluding carboxylic acids is 2. The molecule has 26 heavy (non-hydrogen) atoms. The molecule has 3 heterocycles. The number of hydrogen-bond acceptors (Lipinski definition) is 6. The third-order valence-electron chi connectivity index (χ3n) is 5.34. The first kappa shape index (κ1) is 13.9. The van der Waals surface area contributed by atoms with Crippen LogP contribution in [0.2, 0.25) is 0 Å². The molecule has 3 aliphatic rings. The Morgan fingerprint density at radius 3 is 2.62 bits per heavy atom. The fourth-order valence-corrected chi connectivity index (χ4v) is 4.26. The van der Waals surface area contributed by atoms with Crippen LogP contribution in [-0.4, -0.2) is 35.3 Å². The summed E-state index contributed by atoms with van der Waals surface area (Å²) in [4.78, 5) is 34.5. The highest BCUT2D eigenvalue weighted by atomic mass is 16.6. The molecule has 3 aromatic rings. The minimum atomic E-state index is -1.66. The molecule has 1 unspecified atom stereocenters. The van der Waals surface area contributed by atoms with Crippen LogP contribution in [0, 0.1) is 0 Å². The van der Waals surface area contributed by atoms with Crippen molar-refractivity contribution in [3.8, 4) is 0 Å². The second-order valence-corrected chi connectivity index (χ2v) is 6.49. The van der Waals surface area contributed by atoms with Crippen molar-refractivity contribution in [1.82, 2.24) is 4.98 Å². The summed E-state index contributed by atoms with van der Waals surface area (Å²) in [6.07, 6.45) is 0. The molecule has 1 saturated heterocycles. The van der Waals surface area contributed by atoms with Gasteiger partial charge in [0, 0.05) is 17.9 Å². The molecular weight excluding hydrogens is 332 g/mol. The van der Waals surface area contributed by atoms with Gasteiger partial charge in [0.15, 0.2) is 5.82 Å². The van der Waals surface area contributed by atoms with Crippen LogP contribution in [0.4, 0.5) is 5.82 Å². The smallest absolute Gasteiger partial charge is 0.357 e. The van der Waals surface area contributed by atoms with E-state index in [0.717, 1.165) is 21.5 Å². The number of ether oxygens (including phenoxy) is 2. The molecule has 6 nitrogen and oxygen atoms in total. The molecule has 6 rings (SSSR count). The van der Waals surface area contributed by atoms with E-state index >= 15 is 0 Å². The average Bonchev–Trinajstić information content (AvgIpc) is 3.20. The van der Waals surface area contributed by atoms with Gasteiger partial charge in [-0.1, -0.05) is 36.4 Å². The molecule has 3 bridgehead atoms. The lowest BCUT2D eigenvalue weighted by Gasteiger charge is -2.25. The van der Waals surface area contributed by atoms with Crippen LogP contribution in [0.25, 0.3) is 27.1 Å². The van der Waals surface area contributed by atoms with Gasteiger partial charge in [0.1, 0.15) is 5.71 Å². The normalized spacial score (nSPS) is 22.2. The van der Waals surface area contributed by atoms with E-state index in [1.54, 1.807) is 6.07 Å². The molecule has 2 aliphatic heterocycles. The van der Waals surface area contributed by atoms with E-state index in [4.69, 9.17) is 9.47 Å². The fourth-order valence-electron chi connectivity index (χ4n) is 4.26. The number of fused-ring (bicyclic) bond motifs is 6. The van der Waals surface area contributed by atoms with Gasteiger partial charge in [0.25, 0.3) is 0 Å². The van der Waals surface area contributed by atoms with Gasteiger partial charge in [-0.25, -0.2) is 19.6 Å². The van der Waals surface area contributed by atoms with Crippen LogP contribution in [0.1, 0.15) is 5.69 Å². The zero-order valence-corrected chi connectivity index (χ0v) is 13.6. The summed E-state index contributed by atoms with van der Waals surface area (Å²) in [6, 6.07) is 13.5. The molecule has 0 amide bonds. The highest BCUT2D eigenvalue weighted by molar-refractivity contribution is 6.42. The van der Waals surface area contributed by atoms with Gasteiger partial charge in [-0.15, -0.1) is 0 Å². The second-order valence-electron chi connectivity index (χ2n) is 6.49. The number of benzene rings is 2. The van der Waals surface area contributed by atoms with Crippen molar-refractivity contribution in [3.05, 3.63) is 53.4 Å². The van der Waals surface area contributed by atoms with Gasteiger partial charge in [-0.05, 0) is 22.1 Å². The van der Waals surface area contributed by atoms with E-state index in [1.807, 2.05) is 36.4 Å². The third kappa shape index (κ3) is 1.32. The molecule has 6 heteroatoms. The summed E-state index contributed by atoms with van der Waals surface area (Å²) in [7, 11) is 1.38. The summed E-state index contributed by atoms with van der Waals surface area (Å²) >= 11 is 0. The quantitative estimate of drug-likeness (QED) is 0.497. The molecular formula is C20H10N2O4. The summed E-state index contributed by atoms with van der Waals surface area (Å²) in [5.74, 6) is -0.959. The molecule has 0 spiro atoms. The number of cyclic esters (lactones) is 2. The molecule has 1 aromatic heterocycles. The lowest BCUT2D eigenvalue weighted by atomic mass is 9.82. The van der Waals surface area contributed by atoms with Crippen molar-refractivity contribution in [3.63, 3.8) is 0 Å². The van der Waals surface area contributed by atoms with Gasteiger partial charge in [-0.2, -0.15) is 0 Å². The summed E-state index contributed by atoms with van der Waals surface area (Å²) in [5, 5.41) is 4.24. The highest BCUT2D eigenvalue weighted by Gasteiger charge is 2.61. The van der Waals surface area contributed by atoms with Crippen LogP contribution in [0.3, 0.4) is 0 Å². The number of nitrogens with zero attached hydrogens (tertiary/aromatic N) is 2. The lowest BCUT2D eigenvalue weighted by molar-refractivity contribution is -0.156. The monoisotopic (exact) mass is 342 g/mol. The Morgan fingerprint density at radius 2 is 1.85 bits per heavy atom. The van der Waals surface area contributed by atoms with E-state index in [0.29, 0.717) is 22.4 Å². The maximum atomic E-state index is 12.7. The number of hydrogen-bond donors (Lipinski definition) is 0. The Labute approximate surface area is 146 Å². The van der Waals surface area contributed by atoms with Crippen molar-refractivity contribution in [1.29, 1.82) is 0 Å². The van der Waals surface area contributed by atoms with Gasteiger partial charge >= 0.3 is 11.9 Å². The van der Waals surface area contributed by atoms with Gasteiger partial charge in [0.2, 0.25) is 5.60 Å². The Hall–Kier alpha value is -3.38. The minimum absolute atomic E-state index is 0.174. The Morgan fingerprint density at radius 1 is 1.08 bits per heavy atom. The van der Waals surface area contributed by atoms with Crippen molar-refractivity contribution in [2.75, 3.05) is 7.11 Å². The first-order valence-corrected chi connectivity index (χ1v) is 8.14. The average molecular weight is 342 g/mol. The van der Waals surface area contributed by atoms with E-state index in [2.05, 4.69) is 9.98 Å². The molecule has 1 aliphatic carbocycles. The van der Waals surface area contributed by atoms with Crippen molar-refractivity contribution >= 4 is 50.6 Å². The standard InChI is InChI=1S/C20H10N2O4/c1-25-20-15(18(23)26-19(20)24)12-8-13-16(20)22-17(21-13)11-7-3-5-9-4-2-6-10(12)14(9)11/h2-8H,1H3. The first-order valence-electron chi connectivity index (χ1n) is 8.14. The molecule has 124 valence electrons. The maximum absolute atomic E-state index is 12.7. The fraction of sp³-hybridized carbons (Fsp3) is 0.100. The number of aliphatic imine (C=N–C) groups is 1. The number of rotatable bonds is 1. The Kier molecular flexibility index (Phi) is 2.25. The molecule has 1 atom stereocenters. The second kappa shape index (κ2) is 4.23. The molecule has 2 aromatic carbocycles. The summed E-state index contributed by atoms with van der Waals surface area (Å²) in [5.41, 5.74) is -0.646. The Balaban J connectivity index is 2.04. The number of aromatic nitrogens is 1. The molecule has 0 saturated carbocycles. The minimum Gasteiger partial charge on any atom is -0.387 e. The summed E-state index contributed by atoms with van der Waals surface area (Å²) in [6.45, 7) is 0. The molecule has 0 N–H and O–H groups in total. The SMILES string of the molecule is COC12C(=O)OC(=O)C1=c1cc3nc(c4cccc5cccc1c54)N=C32. The van der Waals surface area contributed by atoms with Gasteiger partial charge < -0.3 is 9.47 Å². The van der Waals surface area contributed by atoms with Crippen LogP contribution < -0.4 is 5.22 Å². The predicted molar refractivity (Wildman–Crippen MR) is 93.7 cm³/mol. The van der Waals surface area contributed by atoms with Crippen molar-refractivity contribution in [2.45, 2.75) is 5.60 Å². The van der Waals surface area contributed by atoms with E-state index in [9.17, 15) is 9.59 Å². The predicted octanol–water partition coefficient (Wildman–Crippen LogP) is 1.74. The maximum Gasteiger partial charge on any atom is 0.357 e. The Bertz CT molecular complexity index is 1330. The van der Waals surface area contributed by atoms with Crippen LogP contribution in [0.15, 0.2) is 47.5 Å². The van der Waals surface area contributed by atoms with Gasteiger partial charge in [0.05, 0.1) is 11.3 Å².